The molecule has 0 atom stereocenters. The van der Waals surface area contributed by atoms with Crippen molar-refractivity contribution in [1.82, 2.24) is 9.97 Å². The number of methoxy groups -OCH3 is 1. The molecular formula is C16H18N4O. The van der Waals surface area contributed by atoms with Gasteiger partial charge in [0.05, 0.1) is 7.11 Å². The van der Waals surface area contributed by atoms with E-state index >= 15 is 0 Å². The lowest BCUT2D eigenvalue weighted by atomic mass is 9.84. The molecule has 0 fully saturated rings. The Morgan fingerprint density at radius 1 is 1.19 bits per heavy atom. The number of benzene rings is 1. The van der Waals surface area contributed by atoms with Gasteiger partial charge in [-0.3, -0.25) is 0 Å². The first kappa shape index (κ1) is 14.8. The van der Waals surface area contributed by atoms with Crippen LogP contribution in [0.2, 0.25) is 0 Å². The molecule has 0 aliphatic heterocycles. The maximum absolute atomic E-state index is 9.02. The van der Waals surface area contributed by atoms with Crippen LogP contribution in [0.5, 0.6) is 5.75 Å². The normalized spacial score (nSPS) is 10.8. The maximum atomic E-state index is 9.02. The molecule has 21 heavy (non-hydrogen) atoms. The van der Waals surface area contributed by atoms with Gasteiger partial charge >= 0.3 is 0 Å². The highest BCUT2D eigenvalue weighted by molar-refractivity contribution is 5.47. The van der Waals surface area contributed by atoms with Gasteiger partial charge < -0.3 is 10.1 Å². The molecule has 1 aromatic carbocycles. The lowest BCUT2D eigenvalue weighted by Crippen LogP contribution is -2.28. The zero-order valence-corrected chi connectivity index (χ0v) is 12.4. The van der Waals surface area contributed by atoms with Gasteiger partial charge in [-0.1, -0.05) is 26.0 Å². The molecule has 1 N–H and O–H groups in total. The van der Waals surface area contributed by atoms with Crippen molar-refractivity contribution < 1.29 is 4.74 Å². The van der Waals surface area contributed by atoms with Gasteiger partial charge in [0.2, 0.25) is 0 Å². The van der Waals surface area contributed by atoms with Crippen molar-refractivity contribution in [3.05, 3.63) is 47.9 Å². The van der Waals surface area contributed by atoms with Crippen molar-refractivity contribution in [2.24, 2.45) is 0 Å². The second-order valence-electron chi connectivity index (χ2n) is 5.33. The predicted molar refractivity (Wildman–Crippen MR) is 81.3 cm³/mol. The van der Waals surface area contributed by atoms with Crippen LogP contribution in [0.1, 0.15) is 25.1 Å². The van der Waals surface area contributed by atoms with Crippen LogP contribution in [0, 0.1) is 11.3 Å². The summed E-state index contributed by atoms with van der Waals surface area (Å²) in [4.78, 5) is 8.15. The largest absolute Gasteiger partial charge is 0.497 e. The van der Waals surface area contributed by atoms with E-state index in [1.165, 1.54) is 11.8 Å². The van der Waals surface area contributed by atoms with Gasteiger partial charge in [0.15, 0.2) is 11.5 Å². The molecule has 108 valence electrons. The van der Waals surface area contributed by atoms with Gasteiger partial charge in [-0.15, -0.1) is 0 Å². The first-order valence-electron chi connectivity index (χ1n) is 6.66. The number of ether oxygens (including phenoxy) is 1. The molecule has 0 spiro atoms. The van der Waals surface area contributed by atoms with Crippen LogP contribution in [0.4, 0.5) is 5.82 Å². The van der Waals surface area contributed by atoms with Crippen molar-refractivity contribution in [3.63, 3.8) is 0 Å². The van der Waals surface area contributed by atoms with E-state index in [9.17, 15) is 0 Å². The fourth-order valence-corrected chi connectivity index (χ4v) is 2.00. The third-order valence-corrected chi connectivity index (χ3v) is 3.37. The van der Waals surface area contributed by atoms with E-state index in [1.54, 1.807) is 13.3 Å². The number of nitrogens with zero attached hydrogens (tertiary/aromatic N) is 3. The monoisotopic (exact) mass is 282 g/mol. The quantitative estimate of drug-likeness (QED) is 0.913. The first-order valence-corrected chi connectivity index (χ1v) is 6.66. The lowest BCUT2D eigenvalue weighted by Gasteiger charge is -2.26. The van der Waals surface area contributed by atoms with Crippen LogP contribution in [0.3, 0.4) is 0 Å². The number of rotatable bonds is 5. The second-order valence-corrected chi connectivity index (χ2v) is 5.33. The summed E-state index contributed by atoms with van der Waals surface area (Å²) in [5.41, 5.74) is 1.37. The molecule has 1 heterocycles. The zero-order valence-electron chi connectivity index (χ0n) is 12.4. The Balaban J connectivity index is 2.11. The molecule has 2 rings (SSSR count). The molecule has 1 aromatic heterocycles. The van der Waals surface area contributed by atoms with Crippen molar-refractivity contribution in [1.29, 1.82) is 5.26 Å². The van der Waals surface area contributed by atoms with Gasteiger partial charge in [-0.05, 0) is 17.7 Å². The fourth-order valence-electron chi connectivity index (χ4n) is 2.00. The van der Waals surface area contributed by atoms with Crippen LogP contribution in [-0.4, -0.2) is 23.6 Å². The Morgan fingerprint density at radius 2 is 1.86 bits per heavy atom. The number of hydrogen-bond donors (Lipinski definition) is 1. The number of nitriles is 1. The van der Waals surface area contributed by atoms with Gasteiger partial charge in [0, 0.05) is 24.4 Å². The average Bonchev–Trinajstić information content (AvgIpc) is 2.53. The highest BCUT2D eigenvalue weighted by Crippen LogP contribution is 2.25. The molecule has 0 aliphatic carbocycles. The molecule has 0 radical (unpaired) electrons. The summed E-state index contributed by atoms with van der Waals surface area (Å²) in [6.45, 7) is 4.90. The third-order valence-electron chi connectivity index (χ3n) is 3.37. The molecule has 5 nitrogen and oxygen atoms in total. The zero-order chi connectivity index (χ0) is 15.3. The molecule has 0 amide bonds. The molecule has 0 unspecified atom stereocenters. The Morgan fingerprint density at radius 3 is 2.48 bits per heavy atom. The molecular weight excluding hydrogens is 264 g/mol. The Bertz CT molecular complexity index is 644. The van der Waals surface area contributed by atoms with Crippen LogP contribution in [0.15, 0.2) is 36.7 Å². The van der Waals surface area contributed by atoms with E-state index in [2.05, 4.69) is 29.1 Å². The number of nitrogens with one attached hydrogen (secondary N) is 1. The summed E-state index contributed by atoms with van der Waals surface area (Å²) in [5, 5.41) is 12.2. The predicted octanol–water partition coefficient (Wildman–Crippen LogP) is 2.75. The minimum Gasteiger partial charge on any atom is -0.497 e. The summed E-state index contributed by atoms with van der Waals surface area (Å²) in [6, 6.07) is 10.0. The molecule has 0 saturated heterocycles. The summed E-state index contributed by atoms with van der Waals surface area (Å²) in [5.74, 6) is 1.35. The van der Waals surface area contributed by atoms with Crippen molar-refractivity contribution in [2.75, 3.05) is 19.0 Å². The van der Waals surface area contributed by atoms with E-state index in [1.807, 2.05) is 30.3 Å². The van der Waals surface area contributed by atoms with Gasteiger partial charge in [0.25, 0.3) is 0 Å². The molecule has 0 aliphatic rings. The second kappa shape index (κ2) is 6.23. The van der Waals surface area contributed by atoms with Gasteiger partial charge in [-0.25, -0.2) is 9.97 Å². The van der Waals surface area contributed by atoms with E-state index < -0.39 is 0 Å². The van der Waals surface area contributed by atoms with E-state index in [4.69, 9.17) is 10.00 Å². The Labute approximate surface area is 124 Å². The highest BCUT2D eigenvalue weighted by atomic mass is 16.5. The molecule has 5 heteroatoms. The number of aromatic nitrogens is 2. The molecule has 0 bridgehead atoms. The highest BCUT2D eigenvalue weighted by Gasteiger charge is 2.21. The summed E-state index contributed by atoms with van der Waals surface area (Å²) < 4.78 is 5.17. The lowest BCUT2D eigenvalue weighted by molar-refractivity contribution is 0.414. The van der Waals surface area contributed by atoms with Crippen LogP contribution in [0.25, 0.3) is 0 Å². The Kier molecular flexibility index (Phi) is 4.39. The van der Waals surface area contributed by atoms with Crippen molar-refractivity contribution in [3.8, 4) is 11.8 Å². The van der Waals surface area contributed by atoms with Crippen molar-refractivity contribution in [2.45, 2.75) is 19.3 Å². The minimum absolute atomic E-state index is 0.115. The van der Waals surface area contributed by atoms with Crippen LogP contribution in [-0.2, 0) is 5.41 Å². The average molecular weight is 282 g/mol. The topological polar surface area (TPSA) is 70.8 Å². The molecule has 2 aromatic rings. The van der Waals surface area contributed by atoms with E-state index in [0.717, 1.165) is 5.75 Å². The maximum Gasteiger partial charge on any atom is 0.182 e. The standard InChI is InChI=1S/C16H18N4O/c1-16(2,12-4-6-13(21-3)7-5-12)11-20-15-14(10-17)18-8-9-19-15/h4-9H,11H2,1-3H3,(H,19,20). The number of anilines is 1. The summed E-state index contributed by atoms with van der Waals surface area (Å²) >= 11 is 0. The van der Waals surface area contributed by atoms with Crippen molar-refractivity contribution >= 4 is 5.82 Å². The molecule has 0 saturated carbocycles. The smallest absolute Gasteiger partial charge is 0.182 e. The summed E-state index contributed by atoms with van der Waals surface area (Å²) in [7, 11) is 1.65. The van der Waals surface area contributed by atoms with Crippen LogP contribution >= 0.6 is 0 Å². The first-order chi connectivity index (χ1) is 10.1. The van der Waals surface area contributed by atoms with E-state index in [-0.39, 0.29) is 5.41 Å². The number of hydrogen-bond acceptors (Lipinski definition) is 5. The van der Waals surface area contributed by atoms with Crippen LogP contribution < -0.4 is 10.1 Å². The Hall–Kier alpha value is -2.61. The van der Waals surface area contributed by atoms with Gasteiger partial charge in [-0.2, -0.15) is 5.26 Å². The van der Waals surface area contributed by atoms with Gasteiger partial charge in [0.1, 0.15) is 11.8 Å². The minimum atomic E-state index is -0.115. The van der Waals surface area contributed by atoms with E-state index in [0.29, 0.717) is 18.1 Å². The summed E-state index contributed by atoms with van der Waals surface area (Å²) in [6.07, 6.45) is 3.09. The fraction of sp³-hybridized carbons (Fsp3) is 0.312. The third kappa shape index (κ3) is 3.48. The SMILES string of the molecule is COc1ccc(C(C)(C)CNc2nccnc2C#N)cc1.